The van der Waals surface area contributed by atoms with Crippen molar-refractivity contribution in [3.8, 4) is 0 Å². The molecule has 0 radical (unpaired) electrons. The Morgan fingerprint density at radius 2 is 2.27 bits per heavy atom. The fourth-order valence-corrected chi connectivity index (χ4v) is 1.72. The normalized spacial score (nSPS) is 40.9. The smallest absolute Gasteiger partial charge is 0.160 e. The maximum Gasteiger partial charge on any atom is 0.160 e. The Morgan fingerprint density at radius 3 is 2.82 bits per heavy atom. The number of aliphatic hydroxyl groups is 1. The van der Waals surface area contributed by atoms with Crippen LogP contribution in [0.1, 0.15) is 25.7 Å². The van der Waals surface area contributed by atoms with Crippen LogP contribution in [0.2, 0.25) is 0 Å². The minimum atomic E-state index is -0.226. The fourth-order valence-electron chi connectivity index (χ4n) is 1.72. The molecule has 0 bridgehead atoms. The molecule has 0 amide bonds. The van der Waals surface area contributed by atoms with Crippen LogP contribution in [0.3, 0.4) is 0 Å². The molecule has 2 atom stereocenters. The van der Waals surface area contributed by atoms with E-state index in [9.17, 15) is 5.11 Å². The second-order valence-electron chi connectivity index (χ2n) is 3.56. The first-order valence-corrected chi connectivity index (χ1v) is 4.13. The van der Waals surface area contributed by atoms with Crippen LogP contribution in [0.25, 0.3) is 0 Å². The Balaban J connectivity index is 1.97. The van der Waals surface area contributed by atoms with Gasteiger partial charge in [-0.15, -0.1) is 0 Å². The van der Waals surface area contributed by atoms with Gasteiger partial charge < -0.3 is 14.6 Å². The average molecular weight is 158 g/mol. The molecule has 11 heavy (non-hydrogen) atoms. The number of hydrogen-bond donors (Lipinski definition) is 1. The number of ether oxygens (including phenoxy) is 2. The first-order valence-electron chi connectivity index (χ1n) is 4.13. The summed E-state index contributed by atoms with van der Waals surface area (Å²) in [7, 11) is 1.62. The molecule has 2 rings (SSSR count). The molecular weight excluding hydrogens is 144 g/mol. The van der Waals surface area contributed by atoms with Crippen LogP contribution in [0.5, 0.6) is 0 Å². The lowest BCUT2D eigenvalue weighted by Gasteiger charge is -2.32. The van der Waals surface area contributed by atoms with Crippen LogP contribution in [0.4, 0.5) is 0 Å². The van der Waals surface area contributed by atoms with E-state index in [1.54, 1.807) is 7.11 Å². The van der Waals surface area contributed by atoms with Crippen molar-refractivity contribution in [3.63, 3.8) is 0 Å². The number of methoxy groups -OCH3 is 1. The van der Waals surface area contributed by atoms with Crippen LogP contribution in [-0.4, -0.2) is 30.2 Å². The van der Waals surface area contributed by atoms with Crippen molar-refractivity contribution in [1.82, 2.24) is 0 Å². The van der Waals surface area contributed by atoms with Gasteiger partial charge in [0.1, 0.15) is 0 Å². The molecule has 2 fully saturated rings. The monoisotopic (exact) mass is 158 g/mol. The van der Waals surface area contributed by atoms with E-state index in [0.717, 1.165) is 19.3 Å². The molecule has 3 nitrogen and oxygen atoms in total. The van der Waals surface area contributed by atoms with E-state index in [2.05, 4.69) is 0 Å². The van der Waals surface area contributed by atoms with Gasteiger partial charge in [0, 0.05) is 20.0 Å². The molecule has 0 aromatic carbocycles. The lowest BCUT2D eigenvalue weighted by atomic mass is 10.0. The summed E-state index contributed by atoms with van der Waals surface area (Å²) >= 11 is 0. The van der Waals surface area contributed by atoms with Gasteiger partial charge >= 0.3 is 0 Å². The fraction of sp³-hybridized carbons (Fsp3) is 1.00. The number of rotatable bonds is 1. The van der Waals surface area contributed by atoms with Crippen molar-refractivity contribution in [2.75, 3.05) is 7.11 Å². The van der Waals surface area contributed by atoms with E-state index in [1.165, 1.54) is 0 Å². The lowest BCUT2D eigenvalue weighted by molar-refractivity contribution is -0.214. The van der Waals surface area contributed by atoms with E-state index < -0.39 is 0 Å². The van der Waals surface area contributed by atoms with Crippen molar-refractivity contribution >= 4 is 0 Å². The maximum absolute atomic E-state index is 9.43. The average Bonchev–Trinajstić information content (AvgIpc) is 2.67. The Bertz CT molecular complexity index is 153. The zero-order valence-corrected chi connectivity index (χ0v) is 6.75. The Kier molecular flexibility index (Phi) is 1.67. The highest BCUT2D eigenvalue weighted by Gasteiger charge is 2.50. The van der Waals surface area contributed by atoms with Crippen LogP contribution in [-0.2, 0) is 9.47 Å². The lowest BCUT2D eigenvalue weighted by Crippen LogP contribution is -2.37. The Hall–Kier alpha value is -0.120. The summed E-state index contributed by atoms with van der Waals surface area (Å²) in [6.07, 6.45) is 3.19. The van der Waals surface area contributed by atoms with Gasteiger partial charge in [-0.2, -0.15) is 0 Å². The highest BCUT2D eigenvalue weighted by atomic mass is 16.7. The first kappa shape index (κ1) is 7.53. The van der Waals surface area contributed by atoms with Crippen LogP contribution < -0.4 is 0 Å². The van der Waals surface area contributed by atoms with Gasteiger partial charge in [0.2, 0.25) is 0 Å². The zero-order valence-electron chi connectivity index (χ0n) is 6.75. The Morgan fingerprint density at radius 1 is 1.55 bits per heavy atom. The molecule has 0 aromatic rings. The van der Waals surface area contributed by atoms with Crippen molar-refractivity contribution < 1.29 is 14.6 Å². The van der Waals surface area contributed by atoms with Gasteiger partial charge in [0.05, 0.1) is 11.7 Å². The van der Waals surface area contributed by atoms with Crippen molar-refractivity contribution in [2.45, 2.75) is 43.7 Å². The van der Waals surface area contributed by atoms with Gasteiger partial charge in [0.25, 0.3) is 0 Å². The van der Waals surface area contributed by atoms with Gasteiger partial charge in [-0.1, -0.05) is 0 Å². The first-order chi connectivity index (χ1) is 5.24. The second-order valence-corrected chi connectivity index (χ2v) is 3.56. The predicted octanol–water partition coefficient (Wildman–Crippen LogP) is 0.663. The quantitative estimate of drug-likeness (QED) is 0.609. The molecule has 1 saturated heterocycles. The summed E-state index contributed by atoms with van der Waals surface area (Å²) in [6.45, 7) is 0. The van der Waals surface area contributed by atoms with Gasteiger partial charge in [-0.05, 0) is 12.8 Å². The molecule has 0 aromatic heterocycles. The third-order valence-corrected chi connectivity index (χ3v) is 2.52. The van der Waals surface area contributed by atoms with Crippen molar-refractivity contribution in [2.24, 2.45) is 0 Å². The Labute approximate surface area is 66.3 Å². The summed E-state index contributed by atoms with van der Waals surface area (Å²) in [5.74, 6) is 0. The molecule has 2 aliphatic rings. The van der Waals surface area contributed by atoms with Crippen LogP contribution in [0, 0.1) is 0 Å². The third kappa shape index (κ3) is 1.41. The molecule has 1 saturated carbocycles. The van der Waals surface area contributed by atoms with Gasteiger partial charge in [-0.3, -0.25) is 0 Å². The van der Waals surface area contributed by atoms with E-state index >= 15 is 0 Å². The summed E-state index contributed by atoms with van der Waals surface area (Å²) in [4.78, 5) is 0. The SMILES string of the molecule is COC1CC(O)CC2(CC2)O1. The molecule has 1 N–H and O–H groups in total. The summed E-state index contributed by atoms with van der Waals surface area (Å²) in [5.41, 5.74) is -0.00164. The number of aliphatic hydroxyl groups excluding tert-OH is 1. The summed E-state index contributed by atoms with van der Waals surface area (Å²) < 4.78 is 10.7. The molecule has 2 unspecified atom stereocenters. The number of hydrogen-bond acceptors (Lipinski definition) is 3. The molecule has 3 heteroatoms. The third-order valence-electron chi connectivity index (χ3n) is 2.52. The van der Waals surface area contributed by atoms with Crippen molar-refractivity contribution in [1.29, 1.82) is 0 Å². The summed E-state index contributed by atoms with van der Waals surface area (Å²) in [6, 6.07) is 0. The highest BCUT2D eigenvalue weighted by molar-refractivity contribution is 5.00. The van der Waals surface area contributed by atoms with E-state index in [0.29, 0.717) is 6.42 Å². The van der Waals surface area contributed by atoms with Crippen LogP contribution in [0.15, 0.2) is 0 Å². The standard InChI is InChI=1S/C8H14O3/c1-10-7-4-6(9)5-8(11-7)2-3-8/h6-7,9H,2-5H2,1H3. The minimum absolute atomic E-state index is 0.00164. The largest absolute Gasteiger partial charge is 0.393 e. The molecule has 64 valence electrons. The van der Waals surface area contributed by atoms with E-state index in [1.807, 2.05) is 0 Å². The van der Waals surface area contributed by atoms with Gasteiger partial charge in [-0.25, -0.2) is 0 Å². The van der Waals surface area contributed by atoms with E-state index in [4.69, 9.17) is 9.47 Å². The molecule has 1 aliphatic carbocycles. The maximum atomic E-state index is 9.43. The van der Waals surface area contributed by atoms with Gasteiger partial charge in [0.15, 0.2) is 6.29 Å². The second kappa shape index (κ2) is 2.44. The van der Waals surface area contributed by atoms with Crippen molar-refractivity contribution in [3.05, 3.63) is 0 Å². The zero-order chi connectivity index (χ0) is 7.90. The molecular formula is C8H14O3. The topological polar surface area (TPSA) is 38.7 Å². The predicted molar refractivity (Wildman–Crippen MR) is 39.1 cm³/mol. The summed E-state index contributed by atoms with van der Waals surface area (Å²) in [5, 5.41) is 9.43. The molecule has 1 aliphatic heterocycles. The highest BCUT2D eigenvalue weighted by Crippen LogP contribution is 2.47. The van der Waals surface area contributed by atoms with E-state index in [-0.39, 0.29) is 18.0 Å². The van der Waals surface area contributed by atoms with Crippen LogP contribution >= 0.6 is 0 Å². The molecule has 1 spiro atoms. The minimum Gasteiger partial charge on any atom is -0.393 e. The molecule has 1 heterocycles.